The van der Waals surface area contributed by atoms with E-state index >= 15 is 0 Å². The topological polar surface area (TPSA) is 94.5 Å². The van der Waals surface area contributed by atoms with Crippen molar-refractivity contribution >= 4 is 29.4 Å². The Kier molecular flexibility index (Phi) is 6.59. The number of carbonyl (C=O) groups is 2. The van der Waals surface area contributed by atoms with Gasteiger partial charge in [-0.3, -0.25) is 9.59 Å². The van der Waals surface area contributed by atoms with Crippen molar-refractivity contribution in [3.8, 4) is 5.75 Å². The van der Waals surface area contributed by atoms with Crippen molar-refractivity contribution in [2.24, 2.45) is 0 Å². The van der Waals surface area contributed by atoms with Crippen LogP contribution in [0.5, 0.6) is 5.75 Å². The number of hydrogen-bond donors (Lipinski definition) is 2. The van der Waals surface area contributed by atoms with Gasteiger partial charge in [0.1, 0.15) is 18.1 Å². The van der Waals surface area contributed by atoms with Crippen LogP contribution in [-0.2, 0) is 32.4 Å². The molecule has 3 heterocycles. The van der Waals surface area contributed by atoms with Crippen LogP contribution in [0.4, 0.5) is 5.82 Å². The molecule has 1 fully saturated rings. The third kappa shape index (κ3) is 4.96. The summed E-state index contributed by atoms with van der Waals surface area (Å²) in [6.45, 7) is 3.13. The van der Waals surface area contributed by atoms with Crippen molar-refractivity contribution in [3.63, 3.8) is 0 Å². The van der Waals surface area contributed by atoms with Gasteiger partial charge in [0.25, 0.3) is 5.91 Å². The number of nitrogens with zero attached hydrogens (tertiary/aromatic N) is 2. The van der Waals surface area contributed by atoms with Gasteiger partial charge < -0.3 is 20.1 Å². The molecule has 0 radical (unpaired) electrons. The highest BCUT2D eigenvalue weighted by Gasteiger charge is 2.25. The van der Waals surface area contributed by atoms with Crippen LogP contribution in [0, 0.1) is 6.92 Å². The van der Waals surface area contributed by atoms with Gasteiger partial charge in [-0.25, -0.2) is 4.68 Å². The molecule has 1 aromatic heterocycles. The third-order valence-corrected chi connectivity index (χ3v) is 6.14. The molecule has 0 bridgehead atoms. The van der Waals surface area contributed by atoms with Crippen molar-refractivity contribution in [1.82, 2.24) is 15.1 Å². The summed E-state index contributed by atoms with van der Waals surface area (Å²) in [7, 11) is 0. The molecule has 8 nitrogen and oxygen atoms in total. The molecule has 1 saturated heterocycles. The first-order valence-corrected chi connectivity index (χ1v) is 11.3. The van der Waals surface area contributed by atoms with Crippen LogP contribution in [0.25, 0.3) is 0 Å². The standard InChI is InChI=1S/C21H26N4O4S/c1-14-5-2-3-7-18(14)29-11-20(27)23-21-16-12-30-13-17(16)24-25(21)10-19(26)22-9-15-6-4-8-28-15/h2-3,5,7,15H,4,6,8-13H2,1H3,(H,22,26)(H,23,27). The molecule has 2 N–H and O–H groups in total. The number of aryl methyl sites for hydroxylation is 1. The molecule has 0 saturated carbocycles. The van der Waals surface area contributed by atoms with Gasteiger partial charge in [0.15, 0.2) is 6.61 Å². The predicted octanol–water partition coefficient (Wildman–Crippen LogP) is 2.25. The first-order valence-electron chi connectivity index (χ1n) is 10.1. The molecule has 1 atom stereocenters. The summed E-state index contributed by atoms with van der Waals surface area (Å²) >= 11 is 1.74. The summed E-state index contributed by atoms with van der Waals surface area (Å²) in [4.78, 5) is 24.9. The lowest BCUT2D eigenvalue weighted by Crippen LogP contribution is -2.35. The zero-order chi connectivity index (χ0) is 20.9. The fourth-order valence-corrected chi connectivity index (χ4v) is 4.61. The van der Waals surface area contributed by atoms with Gasteiger partial charge in [-0.1, -0.05) is 18.2 Å². The van der Waals surface area contributed by atoms with E-state index in [1.165, 1.54) is 0 Å². The maximum Gasteiger partial charge on any atom is 0.263 e. The summed E-state index contributed by atoms with van der Waals surface area (Å²) in [6.07, 6.45) is 2.09. The molecule has 2 aliphatic rings. The van der Waals surface area contributed by atoms with E-state index in [9.17, 15) is 9.59 Å². The van der Waals surface area contributed by atoms with E-state index < -0.39 is 0 Å². The van der Waals surface area contributed by atoms with E-state index in [1.54, 1.807) is 16.4 Å². The Morgan fingerprint density at radius 2 is 2.17 bits per heavy atom. The molecule has 2 aliphatic heterocycles. The second-order valence-electron chi connectivity index (χ2n) is 7.47. The number of thioether (sulfide) groups is 1. The Hall–Kier alpha value is -2.52. The molecule has 4 rings (SSSR count). The minimum atomic E-state index is -0.279. The maximum atomic E-state index is 12.5. The smallest absolute Gasteiger partial charge is 0.263 e. The van der Waals surface area contributed by atoms with E-state index in [-0.39, 0.29) is 31.1 Å². The van der Waals surface area contributed by atoms with Crippen LogP contribution >= 0.6 is 11.8 Å². The van der Waals surface area contributed by atoms with E-state index in [0.29, 0.717) is 18.1 Å². The van der Waals surface area contributed by atoms with Crippen LogP contribution in [0.15, 0.2) is 24.3 Å². The minimum absolute atomic E-state index is 0.0542. The second-order valence-corrected chi connectivity index (χ2v) is 8.45. The molecule has 30 heavy (non-hydrogen) atoms. The molecule has 1 aromatic carbocycles. The monoisotopic (exact) mass is 430 g/mol. The number of amides is 2. The van der Waals surface area contributed by atoms with Gasteiger partial charge in [0.05, 0.1) is 11.8 Å². The number of fused-ring (bicyclic) bond motifs is 1. The van der Waals surface area contributed by atoms with E-state index in [4.69, 9.17) is 9.47 Å². The van der Waals surface area contributed by atoms with Crippen molar-refractivity contribution in [1.29, 1.82) is 0 Å². The lowest BCUT2D eigenvalue weighted by molar-refractivity contribution is -0.122. The highest BCUT2D eigenvalue weighted by Crippen LogP contribution is 2.34. The number of ether oxygens (including phenoxy) is 2. The van der Waals surface area contributed by atoms with Gasteiger partial charge in [0, 0.05) is 30.2 Å². The number of nitrogens with one attached hydrogen (secondary N) is 2. The van der Waals surface area contributed by atoms with Gasteiger partial charge in [-0.2, -0.15) is 16.9 Å². The summed E-state index contributed by atoms with van der Waals surface area (Å²) in [5.41, 5.74) is 2.87. The Bertz CT molecular complexity index is 924. The second kappa shape index (κ2) is 9.53. The highest BCUT2D eigenvalue weighted by atomic mass is 32.2. The average molecular weight is 431 g/mol. The summed E-state index contributed by atoms with van der Waals surface area (Å²) in [5.74, 6) is 2.38. The zero-order valence-corrected chi connectivity index (χ0v) is 17.8. The lowest BCUT2D eigenvalue weighted by atomic mass is 10.2. The van der Waals surface area contributed by atoms with E-state index in [0.717, 1.165) is 47.8 Å². The third-order valence-electron chi connectivity index (χ3n) is 5.17. The van der Waals surface area contributed by atoms with Crippen LogP contribution < -0.4 is 15.4 Å². The Morgan fingerprint density at radius 3 is 2.97 bits per heavy atom. The average Bonchev–Trinajstić information content (AvgIpc) is 3.46. The minimum Gasteiger partial charge on any atom is -0.483 e. The largest absolute Gasteiger partial charge is 0.483 e. The quantitative estimate of drug-likeness (QED) is 0.667. The van der Waals surface area contributed by atoms with Crippen molar-refractivity contribution in [2.45, 2.75) is 43.9 Å². The van der Waals surface area contributed by atoms with Crippen LogP contribution in [-0.4, -0.2) is 47.5 Å². The van der Waals surface area contributed by atoms with Crippen molar-refractivity contribution in [3.05, 3.63) is 41.1 Å². The lowest BCUT2D eigenvalue weighted by Gasteiger charge is -2.14. The van der Waals surface area contributed by atoms with Gasteiger partial charge in [-0.05, 0) is 31.4 Å². The number of hydrogen-bond acceptors (Lipinski definition) is 6. The summed E-state index contributed by atoms with van der Waals surface area (Å²) in [5, 5.41) is 10.3. The van der Waals surface area contributed by atoms with Gasteiger partial charge in [0.2, 0.25) is 5.91 Å². The molecule has 9 heteroatoms. The predicted molar refractivity (Wildman–Crippen MR) is 115 cm³/mol. The Labute approximate surface area is 179 Å². The van der Waals surface area contributed by atoms with Gasteiger partial charge in [-0.15, -0.1) is 0 Å². The van der Waals surface area contributed by atoms with Crippen LogP contribution in [0.2, 0.25) is 0 Å². The Balaban J connectivity index is 1.37. The molecule has 2 amide bonds. The number of rotatable bonds is 8. The van der Waals surface area contributed by atoms with E-state index in [1.807, 2.05) is 31.2 Å². The maximum absolute atomic E-state index is 12.5. The molecule has 160 valence electrons. The molecular weight excluding hydrogens is 404 g/mol. The highest BCUT2D eigenvalue weighted by molar-refractivity contribution is 7.98. The fraction of sp³-hybridized carbons (Fsp3) is 0.476. The van der Waals surface area contributed by atoms with Crippen LogP contribution in [0.3, 0.4) is 0 Å². The first-order chi connectivity index (χ1) is 14.6. The van der Waals surface area contributed by atoms with Crippen molar-refractivity contribution < 1.29 is 19.1 Å². The first kappa shape index (κ1) is 20.7. The number of anilines is 1. The molecule has 0 spiro atoms. The molecular formula is C21H26N4O4S. The molecule has 2 aromatic rings. The van der Waals surface area contributed by atoms with Crippen molar-refractivity contribution in [2.75, 3.05) is 25.1 Å². The summed E-state index contributed by atoms with van der Waals surface area (Å²) in [6, 6.07) is 7.56. The van der Waals surface area contributed by atoms with E-state index in [2.05, 4.69) is 15.7 Å². The van der Waals surface area contributed by atoms with Gasteiger partial charge >= 0.3 is 0 Å². The molecule has 0 aliphatic carbocycles. The molecule has 1 unspecified atom stereocenters. The zero-order valence-electron chi connectivity index (χ0n) is 17.0. The number of aromatic nitrogens is 2. The fourth-order valence-electron chi connectivity index (χ4n) is 3.58. The number of para-hydroxylation sites is 1. The SMILES string of the molecule is Cc1ccccc1OCC(=O)Nc1c2c(nn1CC(=O)NCC1CCCO1)CSC2. The van der Waals surface area contributed by atoms with Crippen LogP contribution in [0.1, 0.15) is 29.7 Å². The number of benzene rings is 1. The number of carbonyl (C=O) groups excluding carboxylic acids is 2. The Morgan fingerprint density at radius 1 is 1.30 bits per heavy atom. The summed E-state index contributed by atoms with van der Waals surface area (Å²) < 4.78 is 12.8. The normalized spacial score (nSPS) is 17.6.